The maximum Gasteiger partial charge on any atom is 0.204 e. The van der Waals surface area contributed by atoms with Gasteiger partial charge in [-0.2, -0.15) is 0 Å². The van der Waals surface area contributed by atoms with Gasteiger partial charge in [0, 0.05) is 0 Å². The molecule has 6 nitrogen and oxygen atoms in total. The van der Waals surface area contributed by atoms with Crippen LogP contribution in [0.4, 0.5) is 0 Å². The predicted octanol–water partition coefficient (Wildman–Crippen LogP) is 2.76. The van der Waals surface area contributed by atoms with Crippen molar-refractivity contribution in [3.8, 4) is 23.0 Å². The first-order chi connectivity index (χ1) is 11.6. The molecule has 0 fully saturated rings. The minimum absolute atomic E-state index is 0.149. The SMILES string of the molecule is COc1ccc(OC)c(C(=O)c2c(OC)ccc(C=O)c2OC)c1. The van der Waals surface area contributed by atoms with Gasteiger partial charge < -0.3 is 18.9 Å². The largest absolute Gasteiger partial charge is 0.497 e. The Morgan fingerprint density at radius 2 is 1.54 bits per heavy atom. The maximum absolute atomic E-state index is 13.1. The molecule has 0 unspecified atom stereocenters. The molecule has 126 valence electrons. The first-order valence-corrected chi connectivity index (χ1v) is 7.08. The summed E-state index contributed by atoms with van der Waals surface area (Å²) in [6.45, 7) is 0. The normalized spacial score (nSPS) is 10.0. The van der Waals surface area contributed by atoms with Crippen LogP contribution in [0.5, 0.6) is 23.0 Å². The van der Waals surface area contributed by atoms with Gasteiger partial charge in [-0.05, 0) is 30.3 Å². The molecule has 24 heavy (non-hydrogen) atoms. The summed E-state index contributed by atoms with van der Waals surface area (Å²) in [6, 6.07) is 7.96. The van der Waals surface area contributed by atoms with E-state index in [1.165, 1.54) is 34.5 Å². The molecule has 0 spiro atoms. The first-order valence-electron chi connectivity index (χ1n) is 7.08. The summed E-state index contributed by atoms with van der Waals surface area (Å²) in [4.78, 5) is 24.4. The Labute approximate surface area is 139 Å². The molecular formula is C18H18O6. The molecule has 0 aliphatic heterocycles. The van der Waals surface area contributed by atoms with Crippen molar-refractivity contribution in [3.05, 3.63) is 47.0 Å². The molecule has 0 aromatic heterocycles. The van der Waals surface area contributed by atoms with Crippen molar-refractivity contribution in [1.82, 2.24) is 0 Å². The quantitative estimate of drug-likeness (QED) is 0.574. The van der Waals surface area contributed by atoms with Gasteiger partial charge in [-0.3, -0.25) is 9.59 Å². The van der Waals surface area contributed by atoms with Crippen LogP contribution >= 0.6 is 0 Å². The second-order valence-corrected chi connectivity index (χ2v) is 4.78. The summed E-state index contributed by atoms with van der Waals surface area (Å²) in [6.07, 6.45) is 0.623. The molecule has 0 atom stereocenters. The molecular weight excluding hydrogens is 312 g/mol. The van der Waals surface area contributed by atoms with Crippen molar-refractivity contribution in [1.29, 1.82) is 0 Å². The minimum atomic E-state index is -0.400. The van der Waals surface area contributed by atoms with Gasteiger partial charge in [0.05, 0.1) is 39.6 Å². The van der Waals surface area contributed by atoms with E-state index < -0.39 is 5.78 Å². The number of hydrogen-bond acceptors (Lipinski definition) is 6. The number of carbonyl (C=O) groups is 2. The smallest absolute Gasteiger partial charge is 0.204 e. The van der Waals surface area contributed by atoms with Gasteiger partial charge >= 0.3 is 0 Å². The molecule has 0 saturated carbocycles. The van der Waals surface area contributed by atoms with E-state index in [1.54, 1.807) is 24.3 Å². The Bertz CT molecular complexity index is 766. The number of benzene rings is 2. The standard InChI is InChI=1S/C18H18O6/c1-21-12-6-8-14(22-2)13(9-12)17(20)16-15(23-3)7-5-11(10-19)18(16)24-4/h5-10H,1-4H3. The van der Waals surface area contributed by atoms with Gasteiger partial charge in [0.25, 0.3) is 0 Å². The molecule has 0 radical (unpaired) electrons. The van der Waals surface area contributed by atoms with Crippen molar-refractivity contribution >= 4 is 12.1 Å². The van der Waals surface area contributed by atoms with E-state index in [4.69, 9.17) is 18.9 Å². The van der Waals surface area contributed by atoms with E-state index in [-0.39, 0.29) is 22.4 Å². The van der Waals surface area contributed by atoms with Crippen LogP contribution in [0.25, 0.3) is 0 Å². The molecule has 0 aliphatic rings. The predicted molar refractivity (Wildman–Crippen MR) is 87.9 cm³/mol. The molecule has 0 N–H and O–H groups in total. The van der Waals surface area contributed by atoms with E-state index in [1.807, 2.05) is 0 Å². The lowest BCUT2D eigenvalue weighted by molar-refractivity contribution is 0.102. The second kappa shape index (κ2) is 7.50. The number of hydrogen-bond donors (Lipinski definition) is 0. The maximum atomic E-state index is 13.1. The van der Waals surface area contributed by atoms with Crippen molar-refractivity contribution in [3.63, 3.8) is 0 Å². The van der Waals surface area contributed by atoms with Gasteiger partial charge in [0.15, 0.2) is 6.29 Å². The molecule has 6 heteroatoms. The van der Waals surface area contributed by atoms with E-state index in [0.29, 0.717) is 23.5 Å². The summed E-state index contributed by atoms with van der Waals surface area (Å²) >= 11 is 0. The summed E-state index contributed by atoms with van der Waals surface area (Å²) in [5.74, 6) is 0.930. The molecule has 2 aromatic rings. The van der Waals surface area contributed by atoms with Gasteiger partial charge in [-0.15, -0.1) is 0 Å². The average Bonchev–Trinajstić information content (AvgIpc) is 2.65. The van der Waals surface area contributed by atoms with Crippen LogP contribution in [0.3, 0.4) is 0 Å². The second-order valence-electron chi connectivity index (χ2n) is 4.78. The third-order valence-corrected chi connectivity index (χ3v) is 3.58. The molecule has 2 rings (SSSR count). The molecule has 0 aliphatic carbocycles. The van der Waals surface area contributed by atoms with Gasteiger partial charge in [0.1, 0.15) is 28.6 Å². The van der Waals surface area contributed by atoms with Crippen molar-refractivity contribution in [2.75, 3.05) is 28.4 Å². The number of rotatable bonds is 7. The zero-order valence-electron chi connectivity index (χ0n) is 13.9. The molecule has 0 saturated heterocycles. The number of aldehydes is 1. The van der Waals surface area contributed by atoms with E-state index in [2.05, 4.69) is 0 Å². The molecule has 0 heterocycles. The number of ketones is 1. The first kappa shape index (κ1) is 17.3. The highest BCUT2D eigenvalue weighted by Crippen LogP contribution is 2.36. The zero-order chi connectivity index (χ0) is 17.7. The Kier molecular flexibility index (Phi) is 5.42. The van der Waals surface area contributed by atoms with Crippen molar-refractivity contribution in [2.45, 2.75) is 0 Å². The van der Waals surface area contributed by atoms with Crippen LogP contribution in [0.1, 0.15) is 26.3 Å². The van der Waals surface area contributed by atoms with Crippen LogP contribution in [0, 0.1) is 0 Å². The van der Waals surface area contributed by atoms with Crippen molar-refractivity contribution in [2.24, 2.45) is 0 Å². The Morgan fingerprint density at radius 3 is 2.08 bits per heavy atom. The Morgan fingerprint density at radius 1 is 0.875 bits per heavy atom. The highest BCUT2D eigenvalue weighted by Gasteiger charge is 2.25. The highest BCUT2D eigenvalue weighted by atomic mass is 16.5. The summed E-state index contributed by atoms with van der Waals surface area (Å²) in [5.41, 5.74) is 0.677. The molecule has 0 bridgehead atoms. The lowest BCUT2D eigenvalue weighted by atomic mass is 9.98. The molecule has 2 aromatic carbocycles. The highest BCUT2D eigenvalue weighted by molar-refractivity contribution is 6.15. The minimum Gasteiger partial charge on any atom is -0.497 e. The fraction of sp³-hybridized carbons (Fsp3) is 0.222. The number of ether oxygens (including phenoxy) is 4. The Balaban J connectivity index is 2.71. The lowest BCUT2D eigenvalue weighted by Crippen LogP contribution is -2.10. The van der Waals surface area contributed by atoms with Crippen LogP contribution in [-0.2, 0) is 0 Å². The topological polar surface area (TPSA) is 71.1 Å². The monoisotopic (exact) mass is 330 g/mol. The number of methoxy groups -OCH3 is 4. The summed E-state index contributed by atoms with van der Waals surface area (Å²) in [5, 5.41) is 0. The van der Waals surface area contributed by atoms with E-state index in [9.17, 15) is 9.59 Å². The van der Waals surface area contributed by atoms with E-state index in [0.717, 1.165) is 0 Å². The third-order valence-electron chi connectivity index (χ3n) is 3.58. The van der Waals surface area contributed by atoms with Gasteiger partial charge in [-0.1, -0.05) is 0 Å². The van der Waals surface area contributed by atoms with Gasteiger partial charge in [-0.25, -0.2) is 0 Å². The van der Waals surface area contributed by atoms with Crippen LogP contribution < -0.4 is 18.9 Å². The fourth-order valence-electron chi connectivity index (χ4n) is 2.40. The average molecular weight is 330 g/mol. The summed E-state index contributed by atoms with van der Waals surface area (Å²) in [7, 11) is 5.80. The van der Waals surface area contributed by atoms with Crippen LogP contribution in [-0.4, -0.2) is 40.5 Å². The fourth-order valence-corrected chi connectivity index (χ4v) is 2.40. The van der Waals surface area contributed by atoms with Crippen LogP contribution in [0.2, 0.25) is 0 Å². The third kappa shape index (κ3) is 3.03. The summed E-state index contributed by atoms with van der Waals surface area (Å²) < 4.78 is 21.0. The Hall–Kier alpha value is -3.02. The van der Waals surface area contributed by atoms with Crippen LogP contribution in [0.15, 0.2) is 30.3 Å². The lowest BCUT2D eigenvalue weighted by Gasteiger charge is -2.16. The zero-order valence-corrected chi connectivity index (χ0v) is 13.9. The molecule has 0 amide bonds. The van der Waals surface area contributed by atoms with Crippen molar-refractivity contribution < 1.29 is 28.5 Å². The number of carbonyl (C=O) groups excluding carboxylic acids is 2. The van der Waals surface area contributed by atoms with Gasteiger partial charge in [0.2, 0.25) is 5.78 Å². The van der Waals surface area contributed by atoms with E-state index >= 15 is 0 Å².